The third kappa shape index (κ3) is 4.57. The number of aromatic nitrogens is 1. The Morgan fingerprint density at radius 3 is 2.60 bits per heavy atom. The second-order valence-electron chi connectivity index (χ2n) is 7.73. The number of benzene rings is 2. The lowest BCUT2D eigenvalue weighted by molar-refractivity contribution is -0.131. The van der Waals surface area contributed by atoms with Crippen LogP contribution in [0, 0.1) is 0 Å². The van der Waals surface area contributed by atoms with Crippen LogP contribution in [0.5, 0.6) is 0 Å². The van der Waals surface area contributed by atoms with Crippen molar-refractivity contribution in [2.45, 2.75) is 25.2 Å². The fraction of sp³-hybridized carbons (Fsp3) is 0.240. The van der Waals surface area contributed by atoms with Crippen molar-refractivity contribution in [2.24, 2.45) is 5.73 Å². The number of hydrogen-bond acceptors (Lipinski definition) is 3. The maximum atomic E-state index is 12.8. The number of carbonyl (C=O) groups excluding carboxylic acids is 2. The maximum absolute atomic E-state index is 12.8. The van der Waals surface area contributed by atoms with Crippen molar-refractivity contribution < 1.29 is 9.59 Å². The van der Waals surface area contributed by atoms with E-state index in [0.717, 1.165) is 41.9 Å². The number of nitrogens with two attached hydrogens (primary N) is 1. The molecule has 152 valence electrons. The highest BCUT2D eigenvalue weighted by atomic mass is 16.2. The van der Waals surface area contributed by atoms with Gasteiger partial charge in [-0.25, -0.2) is 0 Å². The predicted molar refractivity (Wildman–Crippen MR) is 117 cm³/mol. The zero-order valence-corrected chi connectivity index (χ0v) is 16.8. The first-order valence-electron chi connectivity index (χ1n) is 10.3. The van der Waals surface area contributed by atoms with E-state index in [1.807, 2.05) is 65.6 Å². The molecule has 2 amide bonds. The predicted octanol–water partition coefficient (Wildman–Crippen LogP) is 3.80. The highest BCUT2D eigenvalue weighted by molar-refractivity contribution is 5.94. The fourth-order valence-electron chi connectivity index (χ4n) is 4.00. The Morgan fingerprint density at radius 1 is 1.00 bits per heavy atom. The first-order valence-corrected chi connectivity index (χ1v) is 10.3. The van der Waals surface area contributed by atoms with Gasteiger partial charge in [-0.15, -0.1) is 0 Å². The average Bonchev–Trinajstić information content (AvgIpc) is 2.80. The van der Waals surface area contributed by atoms with Crippen molar-refractivity contribution in [3.63, 3.8) is 0 Å². The van der Waals surface area contributed by atoms with E-state index < -0.39 is 5.91 Å². The van der Waals surface area contributed by atoms with E-state index in [9.17, 15) is 9.59 Å². The maximum Gasteiger partial charge on any atom is 0.248 e. The van der Waals surface area contributed by atoms with Gasteiger partial charge in [0.25, 0.3) is 0 Å². The first kappa shape index (κ1) is 19.8. The van der Waals surface area contributed by atoms with Gasteiger partial charge in [0, 0.05) is 35.8 Å². The lowest BCUT2D eigenvalue weighted by atomic mass is 9.93. The van der Waals surface area contributed by atoms with Gasteiger partial charge in [0.1, 0.15) is 0 Å². The lowest BCUT2D eigenvalue weighted by Crippen LogP contribution is -2.40. The van der Waals surface area contributed by atoms with E-state index in [0.29, 0.717) is 18.5 Å². The van der Waals surface area contributed by atoms with Gasteiger partial charge in [0.15, 0.2) is 0 Å². The molecule has 0 bridgehead atoms. The topological polar surface area (TPSA) is 76.3 Å². The molecule has 0 spiro atoms. The number of likely N-dealkylation sites (tertiary alicyclic amines) is 1. The van der Waals surface area contributed by atoms with Gasteiger partial charge in [-0.1, -0.05) is 48.5 Å². The molecule has 2 aromatic carbocycles. The van der Waals surface area contributed by atoms with Gasteiger partial charge >= 0.3 is 0 Å². The zero-order chi connectivity index (χ0) is 20.9. The van der Waals surface area contributed by atoms with Crippen LogP contribution in [0.3, 0.4) is 0 Å². The smallest absolute Gasteiger partial charge is 0.248 e. The molecule has 4 rings (SSSR count). The Hall–Kier alpha value is -3.47. The molecule has 5 heteroatoms. The summed E-state index contributed by atoms with van der Waals surface area (Å²) in [6, 6.07) is 23.0. The van der Waals surface area contributed by atoms with Crippen LogP contribution in [-0.2, 0) is 11.2 Å². The summed E-state index contributed by atoms with van der Waals surface area (Å²) in [5.74, 6) is -0.0817. The van der Waals surface area contributed by atoms with Crippen molar-refractivity contribution in [2.75, 3.05) is 13.1 Å². The summed E-state index contributed by atoms with van der Waals surface area (Å²) in [6.45, 7) is 1.48. The third-order valence-corrected chi connectivity index (χ3v) is 5.60. The van der Waals surface area contributed by atoms with E-state index in [4.69, 9.17) is 10.7 Å². The van der Waals surface area contributed by atoms with Crippen LogP contribution in [-0.4, -0.2) is 34.8 Å². The highest BCUT2D eigenvalue weighted by Gasteiger charge is 2.25. The molecule has 0 aliphatic carbocycles. The molecule has 0 radical (unpaired) electrons. The van der Waals surface area contributed by atoms with Crippen LogP contribution in [0.2, 0.25) is 0 Å². The molecule has 0 unspecified atom stereocenters. The number of rotatable bonds is 5. The summed E-state index contributed by atoms with van der Waals surface area (Å²) in [6.07, 6.45) is 2.40. The second kappa shape index (κ2) is 8.91. The third-order valence-electron chi connectivity index (χ3n) is 5.60. The van der Waals surface area contributed by atoms with Crippen molar-refractivity contribution >= 4 is 11.8 Å². The molecule has 1 aliphatic heterocycles. The molecule has 1 saturated heterocycles. The van der Waals surface area contributed by atoms with E-state index in [2.05, 4.69) is 0 Å². The second-order valence-corrected chi connectivity index (χ2v) is 7.73. The van der Waals surface area contributed by atoms with Gasteiger partial charge < -0.3 is 10.6 Å². The summed E-state index contributed by atoms with van der Waals surface area (Å²) < 4.78 is 0. The average molecular weight is 399 g/mol. The Morgan fingerprint density at radius 2 is 1.80 bits per heavy atom. The summed E-state index contributed by atoms with van der Waals surface area (Å²) in [4.78, 5) is 31.1. The molecule has 0 saturated carbocycles. The van der Waals surface area contributed by atoms with Crippen LogP contribution in [0.4, 0.5) is 0 Å². The van der Waals surface area contributed by atoms with Gasteiger partial charge in [0.05, 0.1) is 12.1 Å². The number of nitrogens with zero attached hydrogens (tertiary/aromatic N) is 2. The van der Waals surface area contributed by atoms with Crippen LogP contribution >= 0.6 is 0 Å². The van der Waals surface area contributed by atoms with E-state index in [1.54, 1.807) is 12.1 Å². The minimum atomic E-state index is -0.451. The number of hydrogen-bond donors (Lipinski definition) is 1. The van der Waals surface area contributed by atoms with Crippen LogP contribution in [0.25, 0.3) is 11.3 Å². The van der Waals surface area contributed by atoms with Gasteiger partial charge in [-0.05, 0) is 42.7 Å². The zero-order valence-electron chi connectivity index (χ0n) is 16.8. The number of amides is 2. The Balaban J connectivity index is 1.50. The molecular weight excluding hydrogens is 374 g/mol. The van der Waals surface area contributed by atoms with Gasteiger partial charge in [-0.3, -0.25) is 14.6 Å². The lowest BCUT2D eigenvalue weighted by Gasteiger charge is -2.32. The van der Waals surface area contributed by atoms with Crippen LogP contribution < -0.4 is 5.73 Å². The molecule has 1 aromatic heterocycles. The summed E-state index contributed by atoms with van der Waals surface area (Å²) in [5.41, 5.74) is 9.57. The Bertz CT molecular complexity index is 1050. The SMILES string of the molecule is NC(=O)c1cccc(-c2cccc([C@H]3CCCN(C(=O)Cc4ccccc4)C3)n2)c1. The number of piperidine rings is 1. The van der Waals surface area contributed by atoms with Crippen LogP contribution in [0.15, 0.2) is 72.8 Å². The molecule has 3 aromatic rings. The first-order chi connectivity index (χ1) is 14.6. The quantitative estimate of drug-likeness (QED) is 0.709. The van der Waals surface area contributed by atoms with E-state index >= 15 is 0 Å². The Kier molecular flexibility index (Phi) is 5.89. The standard InChI is InChI=1S/C25H25N3O2/c26-25(30)20-10-4-9-19(16-20)22-12-5-13-23(27-22)21-11-6-14-28(17-21)24(29)15-18-7-2-1-3-8-18/h1-5,7-10,12-13,16,21H,6,11,14-15,17H2,(H2,26,30)/t21-/m0/s1. The summed E-state index contributed by atoms with van der Waals surface area (Å²) in [5, 5.41) is 0. The molecule has 1 fully saturated rings. The molecular formula is C25H25N3O2. The van der Waals surface area contributed by atoms with E-state index in [-0.39, 0.29) is 11.8 Å². The molecule has 2 N–H and O–H groups in total. The van der Waals surface area contributed by atoms with Crippen molar-refractivity contribution in [3.8, 4) is 11.3 Å². The monoisotopic (exact) mass is 399 g/mol. The van der Waals surface area contributed by atoms with Crippen molar-refractivity contribution in [1.82, 2.24) is 9.88 Å². The van der Waals surface area contributed by atoms with Gasteiger partial charge in [0.2, 0.25) is 11.8 Å². The van der Waals surface area contributed by atoms with Gasteiger partial charge in [-0.2, -0.15) is 0 Å². The van der Waals surface area contributed by atoms with Crippen LogP contribution in [0.1, 0.15) is 40.4 Å². The van der Waals surface area contributed by atoms with E-state index in [1.165, 1.54) is 0 Å². The molecule has 1 aliphatic rings. The largest absolute Gasteiger partial charge is 0.366 e. The normalized spacial score (nSPS) is 16.3. The highest BCUT2D eigenvalue weighted by Crippen LogP contribution is 2.28. The number of pyridine rings is 1. The number of primary amides is 1. The Labute approximate surface area is 176 Å². The molecule has 30 heavy (non-hydrogen) atoms. The summed E-state index contributed by atoms with van der Waals surface area (Å²) in [7, 11) is 0. The minimum Gasteiger partial charge on any atom is -0.366 e. The fourth-order valence-corrected chi connectivity index (χ4v) is 4.00. The van der Waals surface area contributed by atoms with Crippen molar-refractivity contribution in [1.29, 1.82) is 0 Å². The minimum absolute atomic E-state index is 0.163. The van der Waals surface area contributed by atoms with Crippen molar-refractivity contribution in [3.05, 3.63) is 89.6 Å². The molecule has 5 nitrogen and oxygen atoms in total. The molecule has 2 heterocycles. The molecule has 1 atom stereocenters. The summed E-state index contributed by atoms with van der Waals surface area (Å²) >= 11 is 0. The number of carbonyl (C=O) groups is 2.